The second-order valence-electron chi connectivity index (χ2n) is 5.69. The van der Waals surface area contributed by atoms with Gasteiger partial charge in [-0.15, -0.1) is 0 Å². The lowest BCUT2D eigenvalue weighted by Gasteiger charge is -2.10. The van der Waals surface area contributed by atoms with E-state index in [9.17, 15) is 9.59 Å². The first kappa shape index (κ1) is 19.6. The number of benzene rings is 2. The maximum absolute atomic E-state index is 12.0. The number of rotatable bonds is 7. The van der Waals surface area contributed by atoms with E-state index in [1.54, 1.807) is 37.4 Å². The van der Waals surface area contributed by atoms with Gasteiger partial charge in [0.2, 0.25) is 5.91 Å². The van der Waals surface area contributed by atoms with Crippen LogP contribution in [0.2, 0.25) is 5.02 Å². The highest BCUT2D eigenvalue weighted by Crippen LogP contribution is 2.22. The van der Waals surface area contributed by atoms with Crippen LogP contribution in [0.15, 0.2) is 42.5 Å². The van der Waals surface area contributed by atoms with Gasteiger partial charge in [-0.2, -0.15) is 0 Å². The standard InChI is InChI=1S/C19H22ClN3O3/c1-13-12-14(20)5-10-17(13)26-11-3-4-18(24)22-15-6-8-16(9-7-15)23-19(25)21-2/h5-10,12H,3-4,11H2,1-2H3,(H,22,24)(H2,21,23,25). The molecule has 0 aliphatic rings. The molecule has 2 aromatic carbocycles. The summed E-state index contributed by atoms with van der Waals surface area (Å²) in [6.07, 6.45) is 0.953. The van der Waals surface area contributed by atoms with E-state index in [0.717, 1.165) is 11.3 Å². The van der Waals surface area contributed by atoms with Crippen molar-refractivity contribution in [3.05, 3.63) is 53.1 Å². The molecule has 0 saturated carbocycles. The molecule has 0 saturated heterocycles. The van der Waals surface area contributed by atoms with Crippen LogP contribution in [0.5, 0.6) is 5.75 Å². The average Bonchev–Trinajstić information content (AvgIpc) is 2.61. The van der Waals surface area contributed by atoms with Crippen molar-refractivity contribution in [3.8, 4) is 5.75 Å². The first-order chi connectivity index (χ1) is 12.5. The summed E-state index contributed by atoms with van der Waals surface area (Å²) >= 11 is 5.91. The Morgan fingerprint density at radius 2 is 1.69 bits per heavy atom. The van der Waals surface area contributed by atoms with Crippen LogP contribution < -0.4 is 20.7 Å². The maximum Gasteiger partial charge on any atom is 0.318 e. The van der Waals surface area contributed by atoms with Crippen LogP contribution >= 0.6 is 11.6 Å². The van der Waals surface area contributed by atoms with Gasteiger partial charge < -0.3 is 20.7 Å². The van der Waals surface area contributed by atoms with Crippen molar-refractivity contribution >= 4 is 34.9 Å². The highest BCUT2D eigenvalue weighted by atomic mass is 35.5. The van der Waals surface area contributed by atoms with E-state index in [2.05, 4.69) is 16.0 Å². The Hall–Kier alpha value is -2.73. The van der Waals surface area contributed by atoms with Crippen molar-refractivity contribution < 1.29 is 14.3 Å². The monoisotopic (exact) mass is 375 g/mol. The van der Waals surface area contributed by atoms with E-state index < -0.39 is 0 Å². The highest BCUT2D eigenvalue weighted by Gasteiger charge is 2.05. The maximum atomic E-state index is 12.0. The molecule has 7 heteroatoms. The summed E-state index contributed by atoms with van der Waals surface area (Å²) in [7, 11) is 1.54. The second kappa shape index (κ2) is 9.68. The molecule has 0 heterocycles. The van der Waals surface area contributed by atoms with Gasteiger partial charge in [0.15, 0.2) is 0 Å². The van der Waals surface area contributed by atoms with Crippen LogP contribution in [0, 0.1) is 6.92 Å². The minimum absolute atomic E-state index is 0.0894. The molecule has 6 nitrogen and oxygen atoms in total. The van der Waals surface area contributed by atoms with Crippen molar-refractivity contribution in [1.82, 2.24) is 5.32 Å². The Bertz CT molecular complexity index is 763. The number of anilines is 2. The zero-order valence-corrected chi connectivity index (χ0v) is 15.5. The van der Waals surface area contributed by atoms with Gasteiger partial charge in [-0.25, -0.2) is 4.79 Å². The molecule has 0 aromatic heterocycles. The van der Waals surface area contributed by atoms with Crippen LogP contribution in [-0.2, 0) is 4.79 Å². The normalized spacial score (nSPS) is 10.1. The lowest BCUT2D eigenvalue weighted by molar-refractivity contribution is -0.116. The Kier molecular flexibility index (Phi) is 7.29. The minimum atomic E-state index is -0.294. The summed E-state index contributed by atoms with van der Waals surface area (Å²) in [5.74, 6) is 0.683. The van der Waals surface area contributed by atoms with E-state index in [-0.39, 0.29) is 11.9 Å². The van der Waals surface area contributed by atoms with E-state index in [1.807, 2.05) is 19.1 Å². The van der Waals surface area contributed by atoms with E-state index in [4.69, 9.17) is 16.3 Å². The van der Waals surface area contributed by atoms with E-state index in [1.165, 1.54) is 0 Å². The molecule has 2 rings (SSSR count). The smallest absolute Gasteiger partial charge is 0.318 e. The Labute approximate surface area is 157 Å². The first-order valence-electron chi connectivity index (χ1n) is 8.25. The Balaban J connectivity index is 1.72. The fourth-order valence-electron chi connectivity index (χ4n) is 2.24. The number of hydrogen-bond acceptors (Lipinski definition) is 3. The number of ether oxygens (including phenoxy) is 1. The van der Waals surface area contributed by atoms with Gasteiger partial charge in [0, 0.05) is 29.9 Å². The van der Waals surface area contributed by atoms with Crippen molar-refractivity contribution in [2.75, 3.05) is 24.3 Å². The summed E-state index contributed by atoms with van der Waals surface area (Å²) in [4.78, 5) is 23.2. The number of hydrogen-bond donors (Lipinski definition) is 3. The molecule has 0 aliphatic carbocycles. The third-order valence-corrected chi connectivity index (χ3v) is 3.83. The lowest BCUT2D eigenvalue weighted by Crippen LogP contribution is -2.24. The summed E-state index contributed by atoms with van der Waals surface area (Å²) in [5, 5.41) is 8.60. The third-order valence-electron chi connectivity index (χ3n) is 3.60. The zero-order valence-electron chi connectivity index (χ0n) is 14.8. The fourth-order valence-corrected chi connectivity index (χ4v) is 2.47. The van der Waals surface area contributed by atoms with Gasteiger partial charge in [-0.3, -0.25) is 4.79 Å². The number of carbonyl (C=O) groups is 2. The molecule has 3 amide bonds. The quantitative estimate of drug-likeness (QED) is 0.634. The summed E-state index contributed by atoms with van der Waals surface area (Å²) in [5.41, 5.74) is 2.29. The van der Waals surface area contributed by atoms with Crippen molar-refractivity contribution in [1.29, 1.82) is 0 Å². The van der Waals surface area contributed by atoms with E-state index in [0.29, 0.717) is 35.8 Å². The number of aryl methyl sites for hydroxylation is 1. The predicted octanol–water partition coefficient (Wildman–Crippen LogP) is 4.20. The number of urea groups is 1. The van der Waals surface area contributed by atoms with Crippen LogP contribution in [0.3, 0.4) is 0 Å². The van der Waals surface area contributed by atoms with Crippen LogP contribution in [-0.4, -0.2) is 25.6 Å². The molecule has 0 fully saturated rings. The molecule has 0 atom stereocenters. The second-order valence-corrected chi connectivity index (χ2v) is 6.13. The van der Waals surface area contributed by atoms with Crippen LogP contribution in [0.1, 0.15) is 18.4 Å². The molecule has 0 unspecified atom stereocenters. The predicted molar refractivity (Wildman–Crippen MR) is 104 cm³/mol. The molecular formula is C19H22ClN3O3. The van der Waals surface area contributed by atoms with E-state index >= 15 is 0 Å². The topological polar surface area (TPSA) is 79.5 Å². The van der Waals surface area contributed by atoms with Gasteiger partial charge in [0.1, 0.15) is 5.75 Å². The van der Waals surface area contributed by atoms with Crippen LogP contribution in [0.4, 0.5) is 16.2 Å². The molecule has 0 radical (unpaired) electrons. The molecule has 0 aliphatic heterocycles. The van der Waals surface area contributed by atoms with Crippen molar-refractivity contribution in [3.63, 3.8) is 0 Å². The van der Waals surface area contributed by atoms with Crippen molar-refractivity contribution in [2.45, 2.75) is 19.8 Å². The SMILES string of the molecule is CNC(=O)Nc1ccc(NC(=O)CCCOc2ccc(Cl)cc2C)cc1. The molecule has 26 heavy (non-hydrogen) atoms. The molecular weight excluding hydrogens is 354 g/mol. The average molecular weight is 376 g/mol. The number of nitrogens with one attached hydrogen (secondary N) is 3. The Morgan fingerprint density at radius 1 is 1.04 bits per heavy atom. The third kappa shape index (κ3) is 6.29. The number of amides is 3. The van der Waals surface area contributed by atoms with Crippen molar-refractivity contribution in [2.24, 2.45) is 0 Å². The number of halogens is 1. The zero-order chi connectivity index (χ0) is 18.9. The number of carbonyl (C=O) groups excluding carboxylic acids is 2. The van der Waals surface area contributed by atoms with Gasteiger partial charge >= 0.3 is 6.03 Å². The summed E-state index contributed by atoms with van der Waals surface area (Å²) in [6.45, 7) is 2.38. The van der Waals surface area contributed by atoms with Gasteiger partial charge in [0.25, 0.3) is 0 Å². The fraction of sp³-hybridized carbons (Fsp3) is 0.263. The summed E-state index contributed by atoms with van der Waals surface area (Å²) in [6, 6.07) is 12.1. The van der Waals surface area contributed by atoms with Gasteiger partial charge in [-0.05, 0) is 61.4 Å². The highest BCUT2D eigenvalue weighted by molar-refractivity contribution is 6.30. The molecule has 3 N–H and O–H groups in total. The van der Waals surface area contributed by atoms with Gasteiger partial charge in [-0.1, -0.05) is 11.6 Å². The minimum Gasteiger partial charge on any atom is -0.493 e. The molecule has 138 valence electrons. The molecule has 0 bridgehead atoms. The Morgan fingerprint density at radius 3 is 2.31 bits per heavy atom. The molecule has 2 aromatic rings. The first-order valence-corrected chi connectivity index (χ1v) is 8.63. The largest absolute Gasteiger partial charge is 0.493 e. The lowest BCUT2D eigenvalue weighted by atomic mass is 10.2. The van der Waals surface area contributed by atoms with Crippen LogP contribution in [0.25, 0.3) is 0 Å². The molecule has 0 spiro atoms. The summed E-state index contributed by atoms with van der Waals surface area (Å²) < 4.78 is 5.67. The van der Waals surface area contributed by atoms with Gasteiger partial charge in [0.05, 0.1) is 6.61 Å².